The molecule has 0 atom stereocenters. The van der Waals surface area contributed by atoms with Crippen molar-refractivity contribution in [3.63, 3.8) is 0 Å². The van der Waals surface area contributed by atoms with Crippen molar-refractivity contribution in [1.29, 1.82) is 0 Å². The van der Waals surface area contributed by atoms with Gasteiger partial charge in [-0.2, -0.15) is 0 Å². The maximum Gasteiger partial charge on any atom is 0.147 e. The van der Waals surface area contributed by atoms with Crippen molar-refractivity contribution < 1.29 is 4.74 Å². The highest BCUT2D eigenvalue weighted by Crippen LogP contribution is 2.21. The van der Waals surface area contributed by atoms with E-state index in [4.69, 9.17) is 10.5 Å². The third kappa shape index (κ3) is 2.12. The molecule has 1 heterocycles. The fourth-order valence-corrected chi connectivity index (χ4v) is 2.08. The fourth-order valence-electron chi connectivity index (χ4n) is 2.08. The van der Waals surface area contributed by atoms with Gasteiger partial charge in [0, 0.05) is 7.05 Å². The molecule has 0 aliphatic rings. The zero-order chi connectivity index (χ0) is 13.2. The molecule has 0 unspecified atom stereocenters. The first-order valence-corrected chi connectivity index (χ1v) is 6.13. The van der Waals surface area contributed by atoms with Crippen LogP contribution in [0.2, 0.25) is 0 Å². The van der Waals surface area contributed by atoms with Crippen molar-refractivity contribution in [3.8, 4) is 5.75 Å². The number of nitrogens with two attached hydrogens (primary N) is 1. The lowest BCUT2D eigenvalue weighted by atomic mass is 10.3. The Hall–Kier alpha value is -2.49. The molecule has 19 heavy (non-hydrogen) atoms. The summed E-state index contributed by atoms with van der Waals surface area (Å²) in [5, 5.41) is 0. The Bertz CT molecular complexity index is 704. The number of aromatic nitrogens is 2. The molecule has 2 aromatic carbocycles. The number of hydrogen-bond acceptors (Lipinski definition) is 3. The Balaban J connectivity index is 1.89. The molecule has 0 fully saturated rings. The van der Waals surface area contributed by atoms with Crippen LogP contribution < -0.4 is 10.5 Å². The van der Waals surface area contributed by atoms with Crippen molar-refractivity contribution in [3.05, 3.63) is 54.4 Å². The molecule has 0 aliphatic carbocycles. The molecule has 0 aliphatic heterocycles. The van der Waals surface area contributed by atoms with E-state index in [1.54, 1.807) is 0 Å². The summed E-state index contributed by atoms with van der Waals surface area (Å²) in [5.74, 6) is 1.69. The van der Waals surface area contributed by atoms with Crippen LogP contribution in [0.25, 0.3) is 11.0 Å². The van der Waals surface area contributed by atoms with Gasteiger partial charge in [0.1, 0.15) is 23.7 Å². The van der Waals surface area contributed by atoms with Crippen LogP contribution in [0.5, 0.6) is 5.75 Å². The Labute approximate surface area is 111 Å². The second-order valence-corrected chi connectivity index (χ2v) is 4.40. The Kier molecular flexibility index (Phi) is 2.83. The SMILES string of the molecule is Cn1c(COc2ccccc2)nc2c(N)cccc21. The van der Waals surface area contributed by atoms with Crippen LogP contribution >= 0.6 is 0 Å². The van der Waals surface area contributed by atoms with Gasteiger partial charge in [0.15, 0.2) is 0 Å². The highest BCUT2D eigenvalue weighted by Gasteiger charge is 2.09. The highest BCUT2D eigenvalue weighted by atomic mass is 16.5. The maximum absolute atomic E-state index is 5.93. The minimum Gasteiger partial charge on any atom is -0.486 e. The summed E-state index contributed by atoms with van der Waals surface area (Å²) in [7, 11) is 1.97. The number of fused-ring (bicyclic) bond motifs is 1. The zero-order valence-electron chi connectivity index (χ0n) is 10.7. The summed E-state index contributed by atoms with van der Waals surface area (Å²) >= 11 is 0. The standard InChI is InChI=1S/C15H15N3O/c1-18-13-9-5-8-12(16)15(13)17-14(18)10-19-11-6-3-2-4-7-11/h2-9H,10,16H2,1H3. The molecule has 0 bridgehead atoms. The van der Waals surface area contributed by atoms with E-state index in [0.717, 1.165) is 22.6 Å². The molecule has 3 rings (SSSR count). The molecule has 1 aromatic heterocycles. The predicted octanol–water partition coefficient (Wildman–Crippen LogP) is 2.73. The van der Waals surface area contributed by atoms with Crippen LogP contribution in [-0.4, -0.2) is 9.55 Å². The van der Waals surface area contributed by atoms with Crippen molar-refractivity contribution in [2.45, 2.75) is 6.61 Å². The Morgan fingerprint density at radius 2 is 1.89 bits per heavy atom. The number of para-hydroxylation sites is 2. The maximum atomic E-state index is 5.93. The average molecular weight is 253 g/mol. The number of hydrogen-bond donors (Lipinski definition) is 1. The number of benzene rings is 2. The van der Waals surface area contributed by atoms with E-state index in [1.165, 1.54) is 0 Å². The Morgan fingerprint density at radius 1 is 1.11 bits per heavy atom. The number of rotatable bonds is 3. The quantitative estimate of drug-likeness (QED) is 0.730. The van der Waals surface area contributed by atoms with E-state index in [2.05, 4.69) is 4.98 Å². The molecule has 0 amide bonds. The van der Waals surface area contributed by atoms with E-state index < -0.39 is 0 Å². The minimum absolute atomic E-state index is 0.425. The number of ether oxygens (including phenoxy) is 1. The normalized spacial score (nSPS) is 10.8. The monoisotopic (exact) mass is 253 g/mol. The highest BCUT2D eigenvalue weighted by molar-refractivity contribution is 5.87. The van der Waals surface area contributed by atoms with Gasteiger partial charge in [0.2, 0.25) is 0 Å². The molecule has 4 heteroatoms. The van der Waals surface area contributed by atoms with E-state index in [-0.39, 0.29) is 0 Å². The smallest absolute Gasteiger partial charge is 0.147 e. The van der Waals surface area contributed by atoms with E-state index >= 15 is 0 Å². The van der Waals surface area contributed by atoms with E-state index in [1.807, 2.05) is 60.1 Å². The molecule has 0 saturated heterocycles. The Morgan fingerprint density at radius 3 is 2.63 bits per heavy atom. The second-order valence-electron chi connectivity index (χ2n) is 4.40. The summed E-state index contributed by atoms with van der Waals surface area (Å²) in [6.07, 6.45) is 0. The molecule has 3 aromatic rings. The lowest BCUT2D eigenvalue weighted by Crippen LogP contribution is -2.03. The van der Waals surface area contributed by atoms with Gasteiger partial charge in [-0.05, 0) is 24.3 Å². The number of imidazole rings is 1. The average Bonchev–Trinajstić information content (AvgIpc) is 2.77. The summed E-state index contributed by atoms with van der Waals surface area (Å²) in [6, 6.07) is 15.5. The van der Waals surface area contributed by atoms with Crippen LogP contribution in [0.15, 0.2) is 48.5 Å². The lowest BCUT2D eigenvalue weighted by Gasteiger charge is -2.05. The molecule has 4 nitrogen and oxygen atoms in total. The van der Waals surface area contributed by atoms with Crippen molar-refractivity contribution in [2.24, 2.45) is 7.05 Å². The largest absolute Gasteiger partial charge is 0.486 e. The van der Waals surface area contributed by atoms with E-state index in [0.29, 0.717) is 12.3 Å². The summed E-state index contributed by atoms with van der Waals surface area (Å²) < 4.78 is 7.73. The first kappa shape index (κ1) is 11.6. The van der Waals surface area contributed by atoms with Crippen LogP contribution in [0.1, 0.15) is 5.82 Å². The summed E-state index contributed by atoms with van der Waals surface area (Å²) in [4.78, 5) is 4.54. The van der Waals surface area contributed by atoms with Gasteiger partial charge in [-0.3, -0.25) is 0 Å². The zero-order valence-corrected chi connectivity index (χ0v) is 10.7. The lowest BCUT2D eigenvalue weighted by molar-refractivity contribution is 0.292. The number of nitrogen functional groups attached to an aromatic ring is 1. The van der Waals surface area contributed by atoms with E-state index in [9.17, 15) is 0 Å². The van der Waals surface area contributed by atoms with Gasteiger partial charge in [-0.25, -0.2) is 4.98 Å². The van der Waals surface area contributed by atoms with Crippen molar-refractivity contribution in [1.82, 2.24) is 9.55 Å². The molecule has 0 saturated carbocycles. The fraction of sp³-hybridized carbons (Fsp3) is 0.133. The number of nitrogens with zero attached hydrogens (tertiary/aromatic N) is 2. The van der Waals surface area contributed by atoms with Crippen LogP contribution in [-0.2, 0) is 13.7 Å². The van der Waals surface area contributed by atoms with Gasteiger partial charge in [0.05, 0.1) is 11.2 Å². The van der Waals surface area contributed by atoms with Crippen LogP contribution in [0.4, 0.5) is 5.69 Å². The first-order valence-electron chi connectivity index (χ1n) is 6.13. The van der Waals surface area contributed by atoms with Crippen LogP contribution in [0, 0.1) is 0 Å². The molecular weight excluding hydrogens is 238 g/mol. The second kappa shape index (κ2) is 4.65. The molecule has 2 N–H and O–H groups in total. The summed E-state index contributed by atoms with van der Waals surface area (Å²) in [6.45, 7) is 0.425. The van der Waals surface area contributed by atoms with Crippen molar-refractivity contribution in [2.75, 3.05) is 5.73 Å². The van der Waals surface area contributed by atoms with Gasteiger partial charge >= 0.3 is 0 Å². The van der Waals surface area contributed by atoms with Gasteiger partial charge in [-0.1, -0.05) is 24.3 Å². The third-order valence-electron chi connectivity index (χ3n) is 3.15. The van der Waals surface area contributed by atoms with Crippen LogP contribution in [0.3, 0.4) is 0 Å². The number of anilines is 1. The van der Waals surface area contributed by atoms with Gasteiger partial charge < -0.3 is 15.0 Å². The molecular formula is C15H15N3O. The van der Waals surface area contributed by atoms with Gasteiger partial charge in [0.25, 0.3) is 0 Å². The number of aryl methyl sites for hydroxylation is 1. The predicted molar refractivity (Wildman–Crippen MR) is 75.9 cm³/mol. The summed E-state index contributed by atoms with van der Waals surface area (Å²) in [5.41, 5.74) is 8.47. The third-order valence-corrected chi connectivity index (χ3v) is 3.15. The first-order chi connectivity index (χ1) is 9.25. The minimum atomic E-state index is 0.425. The van der Waals surface area contributed by atoms with Crippen molar-refractivity contribution >= 4 is 16.7 Å². The molecule has 0 spiro atoms. The topological polar surface area (TPSA) is 53.1 Å². The molecule has 96 valence electrons. The molecule has 0 radical (unpaired) electrons. The van der Waals surface area contributed by atoms with Gasteiger partial charge in [-0.15, -0.1) is 0 Å².